The normalized spacial score (nSPS) is 13.4. The first kappa shape index (κ1) is 10.3. The predicted octanol–water partition coefficient (Wildman–Crippen LogP) is 1.34. The first-order valence-corrected chi connectivity index (χ1v) is 6.54. The maximum atomic E-state index is 5.67. The van der Waals surface area contributed by atoms with Crippen LogP contribution in [-0.2, 0) is 0 Å². The molecule has 0 aliphatic carbocycles. The van der Waals surface area contributed by atoms with Crippen LogP contribution in [0.4, 0.5) is 5.69 Å². The summed E-state index contributed by atoms with van der Waals surface area (Å²) in [6.45, 7) is 2.07. The molecule has 3 N–H and O–H groups in total. The third-order valence-electron chi connectivity index (χ3n) is 1.94. The molecule has 3 heteroatoms. The number of hydrogen-bond donors (Lipinski definition) is 2. The van der Waals surface area contributed by atoms with E-state index in [0.717, 1.165) is 6.42 Å². The van der Waals surface area contributed by atoms with E-state index < -0.39 is 0 Å². The Balaban J connectivity index is 2.13. The second kappa shape index (κ2) is 5.78. The molecule has 0 fully saturated rings. The number of anilines is 1. The molecule has 1 atom stereocenters. The van der Waals surface area contributed by atoms with Crippen molar-refractivity contribution in [3.8, 4) is 0 Å². The lowest BCUT2D eigenvalue weighted by Crippen LogP contribution is -2.17. The Morgan fingerprint density at radius 2 is 2.08 bits per heavy atom. The van der Waals surface area contributed by atoms with Gasteiger partial charge in [-0.25, -0.2) is 0 Å². The molecule has 0 bridgehead atoms. The number of rotatable bonds is 5. The minimum Gasteiger partial charge on any atom is -0.416 e. The molecule has 13 heavy (non-hydrogen) atoms. The fourth-order valence-corrected chi connectivity index (χ4v) is 2.76. The van der Waals surface area contributed by atoms with Crippen LogP contribution in [-0.4, -0.2) is 15.7 Å². The first-order valence-electron chi connectivity index (χ1n) is 4.83. The third-order valence-corrected chi connectivity index (χ3v) is 3.36. The third kappa shape index (κ3) is 4.70. The van der Waals surface area contributed by atoms with Crippen LogP contribution in [0.2, 0.25) is 6.04 Å². The Kier molecular flexibility index (Phi) is 4.57. The minimum atomic E-state index is -0.160. The summed E-state index contributed by atoms with van der Waals surface area (Å²) in [7, 11) is -0.160. The topological polar surface area (TPSA) is 38.0 Å². The SMILES string of the molecule is CC(N)CC[SiH2]Nc1ccccc1. The van der Waals surface area contributed by atoms with Crippen molar-refractivity contribution >= 4 is 15.4 Å². The van der Waals surface area contributed by atoms with Gasteiger partial charge in [0.15, 0.2) is 0 Å². The van der Waals surface area contributed by atoms with E-state index in [1.807, 2.05) is 6.07 Å². The summed E-state index contributed by atoms with van der Waals surface area (Å²) < 4.78 is 0. The highest BCUT2D eigenvalue weighted by Crippen LogP contribution is 2.04. The van der Waals surface area contributed by atoms with Crippen LogP contribution in [0.5, 0.6) is 0 Å². The maximum Gasteiger partial charge on any atom is 0.120 e. The highest BCUT2D eigenvalue weighted by atomic mass is 28.2. The number of benzene rings is 1. The van der Waals surface area contributed by atoms with Crippen molar-refractivity contribution in [2.24, 2.45) is 5.73 Å². The molecule has 1 rings (SSSR count). The lowest BCUT2D eigenvalue weighted by molar-refractivity contribution is 0.712. The Morgan fingerprint density at radius 1 is 1.38 bits per heavy atom. The second-order valence-electron chi connectivity index (χ2n) is 3.41. The number of nitrogens with one attached hydrogen (secondary N) is 1. The summed E-state index contributed by atoms with van der Waals surface area (Å²) in [6.07, 6.45) is 1.14. The average molecular weight is 194 g/mol. The number of nitrogens with two attached hydrogens (primary N) is 1. The molecular weight excluding hydrogens is 176 g/mol. The lowest BCUT2D eigenvalue weighted by Gasteiger charge is -2.06. The standard InChI is InChI=1S/C10H18N2Si/c1-9(11)7-8-13-12-10-5-3-2-4-6-10/h2-6,9,12H,7-8,11,13H2,1H3. The van der Waals surface area contributed by atoms with Gasteiger partial charge in [-0.15, -0.1) is 0 Å². The van der Waals surface area contributed by atoms with Crippen molar-refractivity contribution in [1.29, 1.82) is 0 Å². The highest BCUT2D eigenvalue weighted by Gasteiger charge is 1.94. The zero-order valence-electron chi connectivity index (χ0n) is 8.16. The van der Waals surface area contributed by atoms with E-state index in [1.54, 1.807) is 0 Å². The Bertz CT molecular complexity index is 224. The summed E-state index contributed by atoms with van der Waals surface area (Å²) in [5.74, 6) is 0. The Hall–Kier alpha value is -0.803. The van der Waals surface area contributed by atoms with E-state index in [4.69, 9.17) is 5.73 Å². The molecule has 1 aromatic rings. The Labute approximate surface area is 82.4 Å². The zero-order chi connectivity index (χ0) is 9.52. The summed E-state index contributed by atoms with van der Waals surface area (Å²) >= 11 is 0. The van der Waals surface area contributed by atoms with Gasteiger partial charge in [0.05, 0.1) is 0 Å². The van der Waals surface area contributed by atoms with Gasteiger partial charge in [0.25, 0.3) is 0 Å². The Morgan fingerprint density at radius 3 is 2.69 bits per heavy atom. The molecule has 1 unspecified atom stereocenters. The van der Waals surface area contributed by atoms with Crippen LogP contribution in [0.25, 0.3) is 0 Å². The molecule has 0 spiro atoms. The van der Waals surface area contributed by atoms with E-state index >= 15 is 0 Å². The van der Waals surface area contributed by atoms with Gasteiger partial charge < -0.3 is 10.7 Å². The number of para-hydroxylation sites is 1. The largest absolute Gasteiger partial charge is 0.416 e. The number of hydrogen-bond acceptors (Lipinski definition) is 2. The van der Waals surface area contributed by atoms with Gasteiger partial charge >= 0.3 is 0 Å². The van der Waals surface area contributed by atoms with E-state index in [2.05, 4.69) is 36.2 Å². The molecule has 0 radical (unpaired) electrons. The molecule has 0 saturated heterocycles. The molecule has 0 aromatic heterocycles. The summed E-state index contributed by atoms with van der Waals surface area (Å²) in [6, 6.07) is 12.0. The van der Waals surface area contributed by atoms with Crippen molar-refractivity contribution in [1.82, 2.24) is 0 Å². The molecule has 2 nitrogen and oxygen atoms in total. The van der Waals surface area contributed by atoms with Crippen molar-refractivity contribution in [3.05, 3.63) is 30.3 Å². The fourth-order valence-electron chi connectivity index (χ4n) is 1.21. The van der Waals surface area contributed by atoms with Gasteiger partial charge in [-0.3, -0.25) is 0 Å². The average Bonchev–Trinajstić information content (AvgIpc) is 2.14. The van der Waals surface area contributed by atoms with Crippen LogP contribution in [0.15, 0.2) is 30.3 Å². The monoisotopic (exact) mass is 194 g/mol. The molecule has 0 aliphatic rings. The molecule has 0 aliphatic heterocycles. The van der Waals surface area contributed by atoms with Crippen molar-refractivity contribution in [2.45, 2.75) is 25.4 Å². The fraction of sp³-hybridized carbons (Fsp3) is 0.400. The zero-order valence-corrected chi connectivity index (χ0v) is 9.58. The van der Waals surface area contributed by atoms with Gasteiger partial charge in [-0.05, 0) is 31.5 Å². The molecular formula is C10H18N2Si. The molecule has 0 amide bonds. The summed E-state index contributed by atoms with van der Waals surface area (Å²) in [5.41, 5.74) is 6.92. The highest BCUT2D eigenvalue weighted by molar-refractivity contribution is 6.40. The van der Waals surface area contributed by atoms with Gasteiger partial charge in [-0.2, -0.15) is 0 Å². The van der Waals surface area contributed by atoms with Gasteiger partial charge in [0.2, 0.25) is 0 Å². The summed E-state index contributed by atoms with van der Waals surface area (Å²) in [5, 5.41) is 0. The van der Waals surface area contributed by atoms with E-state index in [-0.39, 0.29) is 9.68 Å². The maximum absolute atomic E-state index is 5.67. The second-order valence-corrected chi connectivity index (χ2v) is 4.97. The van der Waals surface area contributed by atoms with Crippen LogP contribution in [0, 0.1) is 0 Å². The van der Waals surface area contributed by atoms with Crippen LogP contribution >= 0.6 is 0 Å². The molecule has 0 heterocycles. The quantitative estimate of drug-likeness (QED) is 0.548. The van der Waals surface area contributed by atoms with Crippen LogP contribution < -0.4 is 10.7 Å². The minimum absolute atomic E-state index is 0.160. The van der Waals surface area contributed by atoms with Gasteiger partial charge in [-0.1, -0.05) is 18.2 Å². The summed E-state index contributed by atoms with van der Waals surface area (Å²) in [4.78, 5) is 3.48. The first-order chi connectivity index (χ1) is 6.29. The smallest absolute Gasteiger partial charge is 0.120 e. The molecule has 0 saturated carbocycles. The van der Waals surface area contributed by atoms with Crippen molar-refractivity contribution < 1.29 is 0 Å². The van der Waals surface area contributed by atoms with E-state index in [1.165, 1.54) is 11.7 Å². The van der Waals surface area contributed by atoms with Gasteiger partial charge in [0, 0.05) is 11.7 Å². The molecule has 1 aromatic carbocycles. The predicted molar refractivity (Wildman–Crippen MR) is 61.7 cm³/mol. The van der Waals surface area contributed by atoms with E-state index in [9.17, 15) is 0 Å². The van der Waals surface area contributed by atoms with Crippen molar-refractivity contribution in [3.63, 3.8) is 0 Å². The van der Waals surface area contributed by atoms with E-state index in [0.29, 0.717) is 6.04 Å². The molecule has 72 valence electrons. The van der Waals surface area contributed by atoms with Crippen LogP contribution in [0.3, 0.4) is 0 Å². The van der Waals surface area contributed by atoms with Crippen LogP contribution in [0.1, 0.15) is 13.3 Å². The van der Waals surface area contributed by atoms with Gasteiger partial charge in [0.1, 0.15) is 9.68 Å². The lowest BCUT2D eigenvalue weighted by atomic mass is 10.3. The van der Waals surface area contributed by atoms with Crippen molar-refractivity contribution in [2.75, 3.05) is 4.98 Å².